The molecule has 0 saturated heterocycles. The lowest BCUT2D eigenvalue weighted by Crippen LogP contribution is -2.50. The quantitative estimate of drug-likeness (QED) is 0.613. The van der Waals surface area contributed by atoms with Crippen LogP contribution >= 0.6 is 0 Å². The first-order chi connectivity index (χ1) is 5.14. The SMILES string of the molecule is NC(C(=O)O)C12CCC(C1)C2. The van der Waals surface area contributed by atoms with Crippen LogP contribution in [0.1, 0.15) is 25.7 Å². The molecule has 3 fully saturated rings. The van der Waals surface area contributed by atoms with Gasteiger partial charge in [-0.2, -0.15) is 0 Å². The lowest BCUT2D eigenvalue weighted by molar-refractivity contribution is -0.143. The van der Waals surface area contributed by atoms with E-state index < -0.39 is 12.0 Å². The Bertz CT molecular complexity index is 191. The van der Waals surface area contributed by atoms with E-state index >= 15 is 0 Å². The standard InChI is InChI=1S/C8H13NO2/c9-6(7(10)11)8-2-1-5(3-8)4-8/h5-6H,1-4,9H2,(H,10,11). The summed E-state index contributed by atoms with van der Waals surface area (Å²) in [6.45, 7) is 0. The highest BCUT2D eigenvalue weighted by Crippen LogP contribution is 2.60. The van der Waals surface area contributed by atoms with Gasteiger partial charge in [-0.3, -0.25) is 4.79 Å². The Labute approximate surface area is 65.6 Å². The summed E-state index contributed by atoms with van der Waals surface area (Å²) in [6, 6.07) is -0.610. The minimum Gasteiger partial charge on any atom is -0.480 e. The highest BCUT2D eigenvalue weighted by Gasteiger charge is 2.55. The third kappa shape index (κ3) is 0.805. The number of aliphatic carboxylic acids is 1. The first-order valence-electron chi connectivity index (χ1n) is 4.12. The molecule has 0 amide bonds. The van der Waals surface area contributed by atoms with Gasteiger partial charge in [-0.25, -0.2) is 0 Å². The van der Waals surface area contributed by atoms with E-state index in [0.717, 1.165) is 25.2 Å². The van der Waals surface area contributed by atoms with E-state index in [-0.39, 0.29) is 5.41 Å². The highest BCUT2D eigenvalue weighted by atomic mass is 16.4. The van der Waals surface area contributed by atoms with E-state index in [1.54, 1.807) is 0 Å². The molecule has 0 radical (unpaired) electrons. The number of carboxylic acids is 1. The summed E-state index contributed by atoms with van der Waals surface area (Å²) < 4.78 is 0. The van der Waals surface area contributed by atoms with E-state index in [1.165, 1.54) is 6.42 Å². The van der Waals surface area contributed by atoms with Gasteiger partial charge >= 0.3 is 5.97 Å². The van der Waals surface area contributed by atoms with Crippen LogP contribution in [0, 0.1) is 11.3 Å². The largest absolute Gasteiger partial charge is 0.480 e. The molecule has 0 aromatic carbocycles. The van der Waals surface area contributed by atoms with Crippen LogP contribution in [0.5, 0.6) is 0 Å². The normalized spacial score (nSPS) is 43.2. The number of fused-ring (bicyclic) bond motifs is 1. The molecule has 3 saturated carbocycles. The van der Waals surface area contributed by atoms with Gasteiger partial charge in [0.25, 0.3) is 0 Å². The lowest BCUT2D eigenvalue weighted by atomic mass is 9.65. The molecule has 0 aromatic heterocycles. The monoisotopic (exact) mass is 155 g/mol. The fourth-order valence-electron chi connectivity index (χ4n) is 2.66. The second kappa shape index (κ2) is 1.97. The van der Waals surface area contributed by atoms with Crippen molar-refractivity contribution in [1.82, 2.24) is 0 Å². The minimum absolute atomic E-state index is 0.00347. The first kappa shape index (κ1) is 7.10. The Hall–Kier alpha value is -0.570. The average molecular weight is 155 g/mol. The van der Waals surface area contributed by atoms with Crippen molar-refractivity contribution in [3.63, 3.8) is 0 Å². The number of nitrogens with two attached hydrogens (primary N) is 1. The van der Waals surface area contributed by atoms with Crippen molar-refractivity contribution >= 4 is 5.97 Å². The molecule has 3 nitrogen and oxygen atoms in total. The molecule has 3 N–H and O–H groups in total. The Kier molecular flexibility index (Phi) is 1.27. The third-order valence-electron chi connectivity index (χ3n) is 3.37. The molecule has 0 spiro atoms. The molecule has 1 unspecified atom stereocenters. The summed E-state index contributed by atoms with van der Waals surface area (Å²) in [7, 11) is 0. The lowest BCUT2D eigenvalue weighted by Gasteiger charge is -2.41. The summed E-state index contributed by atoms with van der Waals surface area (Å²) in [5, 5.41) is 8.71. The van der Waals surface area contributed by atoms with Gasteiger partial charge in [-0.15, -0.1) is 0 Å². The number of carbonyl (C=O) groups is 1. The van der Waals surface area contributed by atoms with Gasteiger partial charge in [0.1, 0.15) is 6.04 Å². The number of hydrogen-bond acceptors (Lipinski definition) is 2. The van der Waals surface area contributed by atoms with Crippen LogP contribution in [0.15, 0.2) is 0 Å². The van der Waals surface area contributed by atoms with Crippen LogP contribution in [0.4, 0.5) is 0 Å². The van der Waals surface area contributed by atoms with Crippen molar-refractivity contribution < 1.29 is 9.90 Å². The van der Waals surface area contributed by atoms with Crippen LogP contribution in [0.2, 0.25) is 0 Å². The van der Waals surface area contributed by atoms with Crippen LogP contribution in [0.25, 0.3) is 0 Å². The molecule has 1 atom stereocenters. The predicted molar refractivity (Wildman–Crippen MR) is 40.0 cm³/mol. The smallest absolute Gasteiger partial charge is 0.321 e. The fraction of sp³-hybridized carbons (Fsp3) is 0.875. The Morgan fingerprint density at radius 3 is 2.64 bits per heavy atom. The van der Waals surface area contributed by atoms with Crippen LogP contribution < -0.4 is 5.73 Å². The van der Waals surface area contributed by atoms with Crippen molar-refractivity contribution in [1.29, 1.82) is 0 Å². The van der Waals surface area contributed by atoms with Gasteiger partial charge in [-0.05, 0) is 37.0 Å². The van der Waals surface area contributed by atoms with E-state index in [1.807, 2.05) is 0 Å². The Morgan fingerprint density at radius 2 is 2.27 bits per heavy atom. The Balaban J connectivity index is 2.10. The molecule has 62 valence electrons. The average Bonchev–Trinajstić information content (AvgIpc) is 2.40. The zero-order chi connectivity index (χ0) is 8.06. The molecule has 3 rings (SSSR count). The van der Waals surface area contributed by atoms with Gasteiger partial charge in [-0.1, -0.05) is 0 Å². The van der Waals surface area contributed by atoms with Gasteiger partial charge in [0, 0.05) is 0 Å². The van der Waals surface area contributed by atoms with Crippen molar-refractivity contribution in [3.05, 3.63) is 0 Å². The summed E-state index contributed by atoms with van der Waals surface area (Å²) in [5.74, 6) is -0.0363. The summed E-state index contributed by atoms with van der Waals surface area (Å²) in [6.07, 6.45) is 4.34. The molecule has 0 heterocycles. The van der Waals surface area contributed by atoms with Crippen molar-refractivity contribution in [2.45, 2.75) is 31.7 Å². The first-order valence-corrected chi connectivity index (χ1v) is 4.12. The van der Waals surface area contributed by atoms with Crippen LogP contribution in [0.3, 0.4) is 0 Å². The molecular weight excluding hydrogens is 142 g/mol. The maximum Gasteiger partial charge on any atom is 0.321 e. The summed E-state index contributed by atoms with van der Waals surface area (Å²) in [5.41, 5.74) is 5.59. The molecule has 0 aliphatic heterocycles. The minimum atomic E-state index is -0.828. The van der Waals surface area contributed by atoms with E-state index in [4.69, 9.17) is 10.8 Å². The van der Waals surface area contributed by atoms with Crippen molar-refractivity contribution in [3.8, 4) is 0 Å². The van der Waals surface area contributed by atoms with Crippen LogP contribution in [-0.4, -0.2) is 17.1 Å². The van der Waals surface area contributed by atoms with Gasteiger partial charge in [0.15, 0.2) is 0 Å². The zero-order valence-electron chi connectivity index (χ0n) is 6.42. The van der Waals surface area contributed by atoms with E-state index in [0.29, 0.717) is 0 Å². The zero-order valence-corrected chi connectivity index (χ0v) is 6.42. The molecule has 11 heavy (non-hydrogen) atoms. The molecule has 0 aromatic rings. The van der Waals surface area contributed by atoms with E-state index in [9.17, 15) is 4.79 Å². The Morgan fingerprint density at radius 1 is 1.64 bits per heavy atom. The van der Waals surface area contributed by atoms with Gasteiger partial charge < -0.3 is 10.8 Å². The molecule has 2 bridgehead atoms. The summed E-state index contributed by atoms with van der Waals surface area (Å²) >= 11 is 0. The van der Waals surface area contributed by atoms with Crippen molar-refractivity contribution in [2.24, 2.45) is 17.1 Å². The highest BCUT2D eigenvalue weighted by molar-refractivity contribution is 5.74. The molecule has 3 heteroatoms. The third-order valence-corrected chi connectivity index (χ3v) is 3.37. The van der Waals surface area contributed by atoms with Crippen molar-refractivity contribution in [2.75, 3.05) is 0 Å². The molecular formula is C8H13NO2. The van der Waals surface area contributed by atoms with Crippen LogP contribution in [-0.2, 0) is 4.79 Å². The topological polar surface area (TPSA) is 63.3 Å². The number of carboxylic acid groups (broad SMARTS) is 1. The van der Waals surface area contributed by atoms with Gasteiger partial charge in [0.2, 0.25) is 0 Å². The molecule has 3 aliphatic carbocycles. The number of hydrogen-bond donors (Lipinski definition) is 2. The second-order valence-electron chi connectivity index (χ2n) is 3.99. The maximum atomic E-state index is 10.6. The fourth-order valence-corrected chi connectivity index (χ4v) is 2.66. The van der Waals surface area contributed by atoms with E-state index in [2.05, 4.69) is 0 Å². The maximum absolute atomic E-state index is 10.6. The molecule has 3 aliphatic rings. The summed E-state index contributed by atoms with van der Waals surface area (Å²) in [4.78, 5) is 10.6. The van der Waals surface area contributed by atoms with Gasteiger partial charge in [0.05, 0.1) is 0 Å². The number of rotatable bonds is 2. The predicted octanol–water partition coefficient (Wildman–Crippen LogP) is 0.588. The second-order valence-corrected chi connectivity index (χ2v) is 3.99.